The van der Waals surface area contributed by atoms with E-state index in [9.17, 15) is 10.1 Å². The van der Waals surface area contributed by atoms with E-state index in [0.717, 1.165) is 12.8 Å². The maximum Gasteiger partial charge on any atom is 0.290 e. The van der Waals surface area contributed by atoms with Crippen molar-refractivity contribution >= 4 is 11.5 Å². The Labute approximate surface area is 112 Å². The lowest BCUT2D eigenvalue weighted by molar-refractivity contribution is -0.385. The summed E-state index contributed by atoms with van der Waals surface area (Å²) in [5, 5.41) is 13.0. The summed E-state index contributed by atoms with van der Waals surface area (Å²) in [5.74, 6) is 0.670. The molecule has 1 aromatic heterocycles. The Morgan fingerprint density at radius 3 is 2.53 bits per heavy atom. The van der Waals surface area contributed by atoms with Gasteiger partial charge in [-0.15, -0.1) is 0 Å². The zero-order valence-electron chi connectivity index (χ0n) is 11.6. The number of rotatable bonds is 3. The van der Waals surface area contributed by atoms with E-state index in [0.29, 0.717) is 23.6 Å². The first kappa shape index (κ1) is 13.7. The van der Waals surface area contributed by atoms with Gasteiger partial charge in [-0.25, -0.2) is 9.99 Å². The molecule has 6 nitrogen and oxygen atoms in total. The molecule has 2 unspecified atom stereocenters. The average Bonchev–Trinajstić information content (AvgIpc) is 2.33. The number of anilines is 1. The molecule has 1 N–H and O–H groups in total. The van der Waals surface area contributed by atoms with Crippen molar-refractivity contribution in [3.8, 4) is 0 Å². The van der Waals surface area contributed by atoms with Gasteiger partial charge in [0.25, 0.3) is 5.69 Å². The van der Waals surface area contributed by atoms with Gasteiger partial charge in [0.2, 0.25) is 0 Å². The molecule has 1 aliphatic heterocycles. The van der Waals surface area contributed by atoms with Gasteiger partial charge < -0.3 is 5.43 Å². The number of aromatic nitrogens is 1. The Kier molecular flexibility index (Phi) is 3.99. The molecule has 2 heterocycles. The molecule has 0 amide bonds. The highest BCUT2D eigenvalue weighted by Crippen LogP contribution is 2.24. The molecule has 0 aromatic carbocycles. The van der Waals surface area contributed by atoms with Gasteiger partial charge in [0.15, 0.2) is 0 Å². The van der Waals surface area contributed by atoms with Crippen LogP contribution in [0.25, 0.3) is 0 Å². The summed E-state index contributed by atoms with van der Waals surface area (Å²) in [6.45, 7) is 6.02. The minimum Gasteiger partial charge on any atom is -0.303 e. The number of nitrogens with zero attached hydrogens (tertiary/aromatic N) is 3. The minimum atomic E-state index is -0.405. The van der Waals surface area contributed by atoms with Gasteiger partial charge >= 0.3 is 0 Å². The minimum absolute atomic E-state index is 0.0605. The zero-order chi connectivity index (χ0) is 14.0. The van der Waals surface area contributed by atoms with E-state index in [1.807, 2.05) is 0 Å². The molecule has 0 spiro atoms. The van der Waals surface area contributed by atoms with Gasteiger partial charge in [0.05, 0.1) is 4.92 Å². The topological polar surface area (TPSA) is 71.3 Å². The summed E-state index contributed by atoms with van der Waals surface area (Å²) in [7, 11) is 0. The number of hydrogen-bond acceptors (Lipinski definition) is 5. The summed E-state index contributed by atoms with van der Waals surface area (Å²) in [6, 6.07) is 4.06. The third-order valence-corrected chi connectivity index (χ3v) is 3.69. The molecule has 19 heavy (non-hydrogen) atoms. The number of hydrazine groups is 1. The lowest BCUT2D eigenvalue weighted by atomic mass is 10.00. The van der Waals surface area contributed by atoms with Crippen LogP contribution in [0.15, 0.2) is 12.1 Å². The van der Waals surface area contributed by atoms with Crippen molar-refractivity contribution < 1.29 is 4.92 Å². The molecular formula is C13H20N4O2. The summed E-state index contributed by atoms with van der Waals surface area (Å²) >= 11 is 0. The lowest BCUT2D eigenvalue weighted by Gasteiger charge is -2.39. The van der Waals surface area contributed by atoms with E-state index >= 15 is 0 Å². The molecule has 0 bridgehead atoms. The molecule has 2 atom stereocenters. The fourth-order valence-corrected chi connectivity index (χ4v) is 2.58. The zero-order valence-corrected chi connectivity index (χ0v) is 11.6. The van der Waals surface area contributed by atoms with Gasteiger partial charge in [0.1, 0.15) is 11.5 Å². The van der Waals surface area contributed by atoms with Gasteiger partial charge in [0, 0.05) is 18.2 Å². The molecule has 104 valence electrons. The Balaban J connectivity index is 2.14. The summed E-state index contributed by atoms with van der Waals surface area (Å²) in [4.78, 5) is 14.6. The predicted molar refractivity (Wildman–Crippen MR) is 73.9 cm³/mol. The van der Waals surface area contributed by atoms with Crippen molar-refractivity contribution in [3.05, 3.63) is 27.9 Å². The van der Waals surface area contributed by atoms with Crippen molar-refractivity contribution in [2.75, 3.05) is 5.43 Å². The Morgan fingerprint density at radius 2 is 2.00 bits per heavy atom. The number of nitrogens with one attached hydrogen (secondary N) is 1. The van der Waals surface area contributed by atoms with E-state index in [2.05, 4.69) is 29.3 Å². The third kappa shape index (κ3) is 3.01. The van der Waals surface area contributed by atoms with Crippen molar-refractivity contribution in [2.24, 2.45) is 0 Å². The standard InChI is InChI=1S/C13H20N4O2/c1-9-5-4-6-10(2)16(9)15-13-8-7-12(17(18)19)11(3)14-13/h7-10H,4-6H2,1-3H3,(H,14,15). The SMILES string of the molecule is Cc1nc(NN2C(C)CCCC2C)ccc1[N+](=O)[O-]. The van der Waals surface area contributed by atoms with E-state index < -0.39 is 4.92 Å². The fraction of sp³-hybridized carbons (Fsp3) is 0.615. The maximum absolute atomic E-state index is 10.8. The molecule has 1 saturated heterocycles. The second kappa shape index (κ2) is 5.52. The Bertz CT molecular complexity index is 468. The summed E-state index contributed by atoms with van der Waals surface area (Å²) in [6.07, 6.45) is 3.56. The highest BCUT2D eigenvalue weighted by Gasteiger charge is 2.25. The number of pyridine rings is 1. The highest BCUT2D eigenvalue weighted by molar-refractivity contribution is 5.44. The number of aryl methyl sites for hydroxylation is 1. The van der Waals surface area contributed by atoms with Gasteiger partial charge in [-0.05, 0) is 39.7 Å². The van der Waals surface area contributed by atoms with Crippen LogP contribution in [0.2, 0.25) is 0 Å². The molecular weight excluding hydrogens is 244 g/mol. The van der Waals surface area contributed by atoms with Gasteiger partial charge in [-0.2, -0.15) is 0 Å². The van der Waals surface area contributed by atoms with Crippen LogP contribution in [0.1, 0.15) is 38.8 Å². The fourth-order valence-electron chi connectivity index (χ4n) is 2.58. The second-order valence-electron chi connectivity index (χ2n) is 5.21. The first-order chi connectivity index (χ1) is 8.99. The van der Waals surface area contributed by atoms with E-state index in [1.54, 1.807) is 13.0 Å². The van der Waals surface area contributed by atoms with Gasteiger partial charge in [-0.3, -0.25) is 10.1 Å². The molecule has 1 aromatic rings. The van der Waals surface area contributed by atoms with Gasteiger partial charge in [-0.1, -0.05) is 6.42 Å². The normalized spacial score (nSPS) is 24.2. The van der Waals surface area contributed by atoms with Crippen LogP contribution in [0.4, 0.5) is 11.5 Å². The van der Waals surface area contributed by atoms with E-state index in [-0.39, 0.29) is 5.69 Å². The third-order valence-electron chi connectivity index (χ3n) is 3.69. The van der Waals surface area contributed by atoms with Crippen LogP contribution in [-0.2, 0) is 0 Å². The summed E-state index contributed by atoms with van der Waals surface area (Å²) < 4.78 is 0. The van der Waals surface area contributed by atoms with Crippen molar-refractivity contribution in [2.45, 2.75) is 52.1 Å². The predicted octanol–water partition coefficient (Wildman–Crippen LogP) is 2.89. The van der Waals surface area contributed by atoms with Crippen molar-refractivity contribution in [3.63, 3.8) is 0 Å². The average molecular weight is 264 g/mol. The maximum atomic E-state index is 10.8. The van der Waals surface area contributed by atoms with Crippen LogP contribution < -0.4 is 5.43 Å². The molecule has 1 fully saturated rings. The molecule has 0 aliphatic carbocycles. The first-order valence-electron chi connectivity index (χ1n) is 6.66. The van der Waals surface area contributed by atoms with Crippen molar-refractivity contribution in [1.29, 1.82) is 0 Å². The van der Waals surface area contributed by atoms with Crippen LogP contribution in [-0.4, -0.2) is 27.0 Å². The van der Waals surface area contributed by atoms with Crippen molar-refractivity contribution in [1.82, 2.24) is 9.99 Å². The summed E-state index contributed by atoms with van der Waals surface area (Å²) in [5.41, 5.74) is 3.78. The number of nitro groups is 1. The first-order valence-corrected chi connectivity index (χ1v) is 6.66. The van der Waals surface area contributed by atoms with E-state index in [1.165, 1.54) is 12.5 Å². The molecule has 0 saturated carbocycles. The quantitative estimate of drug-likeness (QED) is 0.671. The Morgan fingerprint density at radius 1 is 1.37 bits per heavy atom. The smallest absolute Gasteiger partial charge is 0.290 e. The van der Waals surface area contributed by atoms with Crippen LogP contribution >= 0.6 is 0 Å². The largest absolute Gasteiger partial charge is 0.303 e. The number of hydrogen-bond donors (Lipinski definition) is 1. The molecule has 6 heteroatoms. The Hall–Kier alpha value is -1.69. The molecule has 2 rings (SSSR count). The monoisotopic (exact) mass is 264 g/mol. The molecule has 0 radical (unpaired) electrons. The number of piperidine rings is 1. The molecule has 1 aliphatic rings. The van der Waals surface area contributed by atoms with Crippen LogP contribution in [0.5, 0.6) is 0 Å². The van der Waals surface area contributed by atoms with Crippen LogP contribution in [0, 0.1) is 17.0 Å². The highest BCUT2D eigenvalue weighted by atomic mass is 16.6. The second-order valence-corrected chi connectivity index (χ2v) is 5.21. The lowest BCUT2D eigenvalue weighted by Crippen LogP contribution is -2.47. The van der Waals surface area contributed by atoms with Crippen LogP contribution in [0.3, 0.4) is 0 Å². The van der Waals surface area contributed by atoms with E-state index in [4.69, 9.17) is 0 Å².